The molecule has 0 radical (unpaired) electrons. The first-order valence-electron chi connectivity index (χ1n) is 9.11. The van der Waals surface area contributed by atoms with E-state index in [9.17, 15) is 34.1 Å². The smallest absolute Gasteiger partial charge is 0.303 e. The summed E-state index contributed by atoms with van der Waals surface area (Å²) in [6.45, 7) is 3.39. The van der Waals surface area contributed by atoms with Crippen LogP contribution < -0.4 is 5.32 Å². The molecular weight excluding hydrogens is 432 g/mol. The van der Waals surface area contributed by atoms with Crippen molar-refractivity contribution < 1.29 is 47.8 Å². The fourth-order valence-electron chi connectivity index (χ4n) is 2.52. The van der Waals surface area contributed by atoms with Crippen LogP contribution in [0.3, 0.4) is 0 Å². The van der Waals surface area contributed by atoms with Gasteiger partial charge in [0.25, 0.3) is 11.6 Å². The molecule has 0 unspecified atom stereocenters. The molecule has 13 heteroatoms. The molecule has 0 aliphatic rings. The first kappa shape index (κ1) is 26.0. The average Bonchev–Trinajstić information content (AvgIpc) is 2.67. The zero-order valence-electron chi connectivity index (χ0n) is 17.7. The number of hydrogen-bond donors (Lipinski definition) is 1. The van der Waals surface area contributed by atoms with Gasteiger partial charge in [0.2, 0.25) is 6.10 Å². The Morgan fingerprint density at radius 1 is 0.906 bits per heavy atom. The van der Waals surface area contributed by atoms with Crippen molar-refractivity contribution in [1.82, 2.24) is 0 Å². The molecule has 0 heterocycles. The van der Waals surface area contributed by atoms with Gasteiger partial charge in [0, 0.05) is 33.8 Å². The van der Waals surface area contributed by atoms with Crippen LogP contribution in [0.25, 0.3) is 0 Å². The van der Waals surface area contributed by atoms with E-state index in [1.54, 1.807) is 0 Å². The van der Waals surface area contributed by atoms with Crippen LogP contribution in [0.2, 0.25) is 0 Å². The fraction of sp³-hybridized carbons (Fsp3) is 0.421. The highest BCUT2D eigenvalue weighted by Gasteiger charge is 2.42. The van der Waals surface area contributed by atoms with Crippen molar-refractivity contribution in [3.63, 3.8) is 0 Å². The maximum absolute atomic E-state index is 12.9. The number of para-hydroxylation sites is 2. The highest BCUT2D eigenvalue weighted by Crippen LogP contribution is 2.24. The minimum Gasteiger partial charge on any atom is -0.462 e. The second kappa shape index (κ2) is 12.0. The quantitative estimate of drug-likeness (QED) is 0.230. The number of hydrogen-bond acceptors (Lipinski definition) is 11. The van der Waals surface area contributed by atoms with Gasteiger partial charge in [-0.3, -0.25) is 34.1 Å². The van der Waals surface area contributed by atoms with Crippen molar-refractivity contribution in [2.75, 3.05) is 11.9 Å². The van der Waals surface area contributed by atoms with E-state index in [1.807, 2.05) is 0 Å². The summed E-state index contributed by atoms with van der Waals surface area (Å²) >= 11 is 0. The Hall–Kier alpha value is -4.03. The molecule has 1 aromatic carbocycles. The Balaban J connectivity index is 3.38. The molecule has 1 rings (SSSR count). The number of ether oxygens (including phenoxy) is 4. The first-order chi connectivity index (χ1) is 14.9. The van der Waals surface area contributed by atoms with E-state index in [0.717, 1.165) is 33.8 Å². The lowest BCUT2D eigenvalue weighted by atomic mass is 10.1. The average molecular weight is 454 g/mol. The Kier molecular flexibility index (Phi) is 9.73. The number of nitrogens with one attached hydrogen (secondary N) is 1. The fourth-order valence-corrected chi connectivity index (χ4v) is 2.52. The van der Waals surface area contributed by atoms with Gasteiger partial charge in [-0.05, 0) is 6.07 Å². The van der Waals surface area contributed by atoms with Crippen LogP contribution >= 0.6 is 0 Å². The predicted octanol–water partition coefficient (Wildman–Crippen LogP) is 0.892. The van der Waals surface area contributed by atoms with E-state index in [1.165, 1.54) is 18.2 Å². The second-order valence-electron chi connectivity index (χ2n) is 6.32. The summed E-state index contributed by atoms with van der Waals surface area (Å²) in [5, 5.41) is 13.4. The molecule has 0 saturated carbocycles. The lowest BCUT2D eigenvalue weighted by molar-refractivity contribution is -0.383. The second-order valence-corrected chi connectivity index (χ2v) is 6.32. The van der Waals surface area contributed by atoms with Gasteiger partial charge in [0.15, 0.2) is 12.2 Å². The number of amides is 1. The summed E-state index contributed by atoms with van der Waals surface area (Å²) in [5.41, 5.74) is -0.687. The summed E-state index contributed by atoms with van der Waals surface area (Å²) in [5.74, 6) is -4.68. The standard InChI is InChI=1S/C19H22N2O11/c1-10(22)29-9-16(30-11(2)23)17(31-12(3)24)18(32-13(4)25)19(26)20-14-7-5-6-8-15(14)21(27)28/h5-8,16-18H,9H2,1-4H3,(H,20,26)/t16-,17-,18+/m0/s1. The lowest BCUT2D eigenvalue weighted by Crippen LogP contribution is -2.52. The van der Waals surface area contributed by atoms with Crippen molar-refractivity contribution in [2.24, 2.45) is 0 Å². The summed E-state index contributed by atoms with van der Waals surface area (Å²) in [7, 11) is 0. The molecule has 0 saturated heterocycles. The van der Waals surface area contributed by atoms with Crippen LogP contribution in [0.5, 0.6) is 0 Å². The van der Waals surface area contributed by atoms with E-state index in [0.29, 0.717) is 0 Å². The number of esters is 4. The van der Waals surface area contributed by atoms with Crippen LogP contribution in [0.4, 0.5) is 11.4 Å². The minimum absolute atomic E-state index is 0.231. The molecular formula is C19H22N2O11. The molecule has 1 amide bonds. The summed E-state index contributed by atoms with van der Waals surface area (Å²) < 4.78 is 19.9. The third kappa shape index (κ3) is 8.38. The third-order valence-electron chi connectivity index (χ3n) is 3.65. The number of nitro groups is 1. The SMILES string of the molecule is CC(=O)OC[C@H](OC(C)=O)[C@H](OC(C)=O)[C@@H](OC(C)=O)C(=O)Nc1ccccc1[N+](=O)[O-]. The highest BCUT2D eigenvalue weighted by atomic mass is 16.6. The third-order valence-corrected chi connectivity index (χ3v) is 3.65. The zero-order valence-corrected chi connectivity index (χ0v) is 17.7. The van der Waals surface area contributed by atoms with Crippen molar-refractivity contribution in [3.8, 4) is 0 Å². The predicted molar refractivity (Wildman–Crippen MR) is 105 cm³/mol. The highest BCUT2D eigenvalue weighted by molar-refractivity contribution is 5.97. The Labute approximate surface area is 182 Å². The number of carbonyl (C=O) groups excluding carboxylic acids is 5. The molecule has 13 nitrogen and oxygen atoms in total. The van der Waals surface area contributed by atoms with Gasteiger partial charge in [0.1, 0.15) is 12.3 Å². The van der Waals surface area contributed by atoms with Crippen molar-refractivity contribution in [1.29, 1.82) is 0 Å². The van der Waals surface area contributed by atoms with Gasteiger partial charge in [-0.15, -0.1) is 0 Å². The molecule has 0 bridgehead atoms. The Bertz CT molecular complexity index is 899. The zero-order chi connectivity index (χ0) is 24.4. The Morgan fingerprint density at radius 2 is 1.47 bits per heavy atom. The van der Waals surface area contributed by atoms with Gasteiger partial charge >= 0.3 is 23.9 Å². The topological polar surface area (TPSA) is 177 Å². The van der Waals surface area contributed by atoms with E-state index >= 15 is 0 Å². The molecule has 3 atom stereocenters. The Morgan fingerprint density at radius 3 is 1.97 bits per heavy atom. The summed E-state index contributed by atoms with van der Waals surface area (Å²) in [4.78, 5) is 69.4. The van der Waals surface area contributed by atoms with Gasteiger partial charge in [-0.25, -0.2) is 0 Å². The molecule has 0 aromatic heterocycles. The largest absolute Gasteiger partial charge is 0.462 e. The van der Waals surface area contributed by atoms with Crippen LogP contribution in [-0.2, 0) is 42.9 Å². The molecule has 0 spiro atoms. The van der Waals surface area contributed by atoms with E-state index < -0.39 is 65.3 Å². The van der Waals surface area contributed by atoms with Crippen LogP contribution in [0, 0.1) is 10.1 Å². The van der Waals surface area contributed by atoms with Crippen LogP contribution in [0.15, 0.2) is 24.3 Å². The number of anilines is 1. The monoisotopic (exact) mass is 454 g/mol. The van der Waals surface area contributed by atoms with E-state index in [4.69, 9.17) is 18.9 Å². The lowest BCUT2D eigenvalue weighted by Gasteiger charge is -2.30. The molecule has 32 heavy (non-hydrogen) atoms. The van der Waals surface area contributed by atoms with Gasteiger partial charge in [-0.2, -0.15) is 0 Å². The van der Waals surface area contributed by atoms with Gasteiger partial charge in [-0.1, -0.05) is 12.1 Å². The molecule has 1 aromatic rings. The number of nitro benzene ring substituents is 1. The molecule has 1 N–H and O–H groups in total. The van der Waals surface area contributed by atoms with Crippen molar-refractivity contribution >= 4 is 41.2 Å². The summed E-state index contributed by atoms with van der Waals surface area (Å²) in [6, 6.07) is 5.14. The van der Waals surface area contributed by atoms with Gasteiger partial charge < -0.3 is 24.3 Å². The summed E-state index contributed by atoms with van der Waals surface area (Å²) in [6.07, 6.45) is -5.21. The minimum atomic E-state index is -1.92. The maximum Gasteiger partial charge on any atom is 0.303 e. The molecule has 0 aliphatic heterocycles. The number of benzene rings is 1. The maximum atomic E-state index is 12.9. The normalized spacial score (nSPS) is 13.0. The number of rotatable bonds is 10. The van der Waals surface area contributed by atoms with Crippen molar-refractivity contribution in [2.45, 2.75) is 46.0 Å². The van der Waals surface area contributed by atoms with Crippen molar-refractivity contribution in [3.05, 3.63) is 34.4 Å². The molecule has 174 valence electrons. The van der Waals surface area contributed by atoms with Gasteiger partial charge in [0.05, 0.1) is 4.92 Å². The first-order valence-corrected chi connectivity index (χ1v) is 9.11. The van der Waals surface area contributed by atoms with E-state index in [-0.39, 0.29) is 5.69 Å². The van der Waals surface area contributed by atoms with Crippen LogP contribution in [-0.4, -0.2) is 59.6 Å². The van der Waals surface area contributed by atoms with Crippen LogP contribution in [0.1, 0.15) is 27.7 Å². The molecule has 0 aliphatic carbocycles. The molecule has 0 fully saturated rings. The number of carbonyl (C=O) groups is 5. The van der Waals surface area contributed by atoms with E-state index in [2.05, 4.69) is 5.32 Å². The number of nitrogens with zero attached hydrogens (tertiary/aromatic N) is 1.